The van der Waals surface area contributed by atoms with Crippen molar-refractivity contribution < 1.29 is 60.6 Å². The molecule has 6 aromatic rings. The number of nitrogens with zero attached hydrogens (tertiary/aromatic N) is 2. The molecule has 2 unspecified atom stereocenters. The summed E-state index contributed by atoms with van der Waals surface area (Å²) in [6.45, 7) is 29.1. The number of rotatable bonds is 10. The van der Waals surface area contributed by atoms with Gasteiger partial charge in [-0.2, -0.15) is 0 Å². The van der Waals surface area contributed by atoms with Crippen molar-refractivity contribution in [2.24, 2.45) is 23.7 Å². The summed E-state index contributed by atoms with van der Waals surface area (Å²) in [4.78, 5) is 10.2. The molecule has 0 amide bonds. The average molecular weight is 1300 g/mol. The number of aromatic nitrogens is 2. The van der Waals surface area contributed by atoms with Crippen LogP contribution in [-0.2, 0) is 78.7 Å². The molecule has 2 aromatic heterocycles. The van der Waals surface area contributed by atoms with Crippen LogP contribution in [0, 0.1) is 63.5 Å². The molecule has 0 bridgehead atoms. The molecule has 2 heterocycles. The number of benzene rings is 4. The largest absolute Gasteiger partial charge is 0.513 e. The topological polar surface area (TPSA) is 107 Å². The molecule has 0 spiro atoms. The third kappa shape index (κ3) is 17.1. The maximum absolute atomic E-state index is 9.47. The molecular weight excluding hydrogens is 1220 g/mol. The molecule has 2 aliphatic carbocycles. The average Bonchev–Trinajstić information content (AvgIpc) is 3.22. The third-order valence-electron chi connectivity index (χ3n) is 12.3. The predicted molar refractivity (Wildman–Crippen MR) is 287 cm³/mol. The van der Waals surface area contributed by atoms with Gasteiger partial charge in [-0.25, -0.2) is 0 Å². The first-order chi connectivity index (χ1) is 32.1. The minimum atomic E-state index is -0.537. The van der Waals surface area contributed by atoms with E-state index in [1.807, 2.05) is 13.8 Å². The fraction of sp³-hybridized carbons (Fsp3) is 0.452. The summed E-state index contributed by atoms with van der Waals surface area (Å²) in [5.41, 5.74) is 20.6. The van der Waals surface area contributed by atoms with E-state index in [4.69, 9.17) is 20.2 Å². The Balaban J connectivity index is 0.000000266. The van der Waals surface area contributed by atoms with Crippen LogP contribution in [0.3, 0.4) is 0 Å². The van der Waals surface area contributed by atoms with E-state index in [0.717, 1.165) is 60.9 Å². The fourth-order valence-electron chi connectivity index (χ4n) is 9.66. The Kier molecular flexibility index (Phi) is 23.9. The molecule has 8 rings (SSSR count). The van der Waals surface area contributed by atoms with Crippen molar-refractivity contribution in [3.63, 3.8) is 0 Å². The standard InChI is InChI=1S/2C23H24N.C11H22O2.C5H10O2.2Ir/c2*1-14(2)10-17-6-5-7-22-20(17)13-18-8-9-19-16(4)11-15(3)12-21(19)23(18)24-22;1-8(2)5-10(12)7-11(13)6-9(3)4;1-4(6)3-5(2)7;;/h2*5-7,11,13-14H,8-10H2,1-4H3;7-10,12-13H,5-6H2,1-4H3;3-4,6-7H,1-2H3;;/q2*-1;;;;. The number of hydrogen-bond acceptors (Lipinski definition) is 6. The minimum absolute atomic E-state index is 0. The van der Waals surface area contributed by atoms with Crippen LogP contribution in [-0.4, -0.2) is 42.6 Å². The van der Waals surface area contributed by atoms with Crippen LogP contribution in [0.4, 0.5) is 0 Å². The first-order valence-corrected chi connectivity index (χ1v) is 25.1. The molecule has 0 saturated heterocycles. The van der Waals surface area contributed by atoms with Gasteiger partial charge in [0.15, 0.2) is 0 Å². The van der Waals surface area contributed by atoms with E-state index >= 15 is 0 Å². The van der Waals surface area contributed by atoms with E-state index < -0.39 is 12.2 Å². The van der Waals surface area contributed by atoms with Gasteiger partial charge in [0, 0.05) is 57.4 Å². The van der Waals surface area contributed by atoms with Gasteiger partial charge in [0.2, 0.25) is 0 Å². The summed E-state index contributed by atoms with van der Waals surface area (Å²) < 4.78 is 0. The predicted octanol–water partition coefficient (Wildman–Crippen LogP) is 14.9. The first-order valence-electron chi connectivity index (χ1n) is 25.1. The van der Waals surface area contributed by atoms with Crippen molar-refractivity contribution in [3.8, 4) is 22.5 Å². The monoisotopic (exact) mass is 1300 g/mol. The molecule has 4 N–H and O–H groups in total. The van der Waals surface area contributed by atoms with Gasteiger partial charge in [0.1, 0.15) is 0 Å². The normalized spacial score (nSPS) is 13.6. The summed E-state index contributed by atoms with van der Waals surface area (Å²) in [6, 6.07) is 29.5. The van der Waals surface area contributed by atoms with Crippen LogP contribution >= 0.6 is 0 Å². The van der Waals surface area contributed by atoms with Crippen LogP contribution < -0.4 is 0 Å². The molecule has 0 fully saturated rings. The number of fused-ring (bicyclic) bond motifs is 8. The van der Waals surface area contributed by atoms with Gasteiger partial charge in [-0.3, -0.25) is 9.97 Å². The molecule has 2 atom stereocenters. The molecule has 382 valence electrons. The van der Waals surface area contributed by atoms with E-state index in [1.54, 1.807) is 13.0 Å². The van der Waals surface area contributed by atoms with Gasteiger partial charge < -0.3 is 20.4 Å². The Labute approximate surface area is 448 Å². The zero-order valence-corrected chi connectivity index (χ0v) is 49.2. The van der Waals surface area contributed by atoms with Gasteiger partial charge >= 0.3 is 0 Å². The Morgan fingerprint density at radius 1 is 0.586 bits per heavy atom. The molecule has 4 aromatic carbocycles. The molecule has 8 heteroatoms. The Morgan fingerprint density at radius 3 is 1.36 bits per heavy atom. The Bertz CT molecular complexity index is 2570. The zero-order valence-electron chi connectivity index (χ0n) is 44.4. The number of aliphatic hydroxyl groups is 4. The van der Waals surface area contributed by atoms with Crippen LogP contribution in [0.2, 0.25) is 0 Å². The quantitative estimate of drug-likeness (QED) is 0.0804. The van der Waals surface area contributed by atoms with Gasteiger partial charge in [-0.1, -0.05) is 143 Å². The first kappa shape index (κ1) is 60.3. The molecule has 0 saturated carbocycles. The van der Waals surface area contributed by atoms with Crippen LogP contribution in [0.25, 0.3) is 44.3 Å². The third-order valence-corrected chi connectivity index (χ3v) is 12.3. The molecule has 2 radical (unpaired) electrons. The van der Waals surface area contributed by atoms with Crippen molar-refractivity contribution in [1.82, 2.24) is 9.97 Å². The summed E-state index contributed by atoms with van der Waals surface area (Å²) in [7, 11) is 0. The molecule has 6 nitrogen and oxygen atoms in total. The second-order valence-corrected chi connectivity index (χ2v) is 21.1. The van der Waals surface area contributed by atoms with Crippen LogP contribution in [0.5, 0.6) is 0 Å². The fourth-order valence-corrected chi connectivity index (χ4v) is 9.66. The summed E-state index contributed by atoms with van der Waals surface area (Å²) in [5, 5.41) is 38.4. The second kappa shape index (κ2) is 27.7. The second-order valence-electron chi connectivity index (χ2n) is 21.1. The van der Waals surface area contributed by atoms with E-state index in [1.165, 1.54) is 90.5 Å². The minimum Gasteiger partial charge on any atom is -0.513 e. The molecule has 2 aliphatic rings. The summed E-state index contributed by atoms with van der Waals surface area (Å²) in [6.07, 6.45) is 9.82. The zero-order chi connectivity index (χ0) is 50.0. The van der Waals surface area contributed by atoms with Gasteiger partial charge in [0.25, 0.3) is 0 Å². The smallest absolute Gasteiger partial charge is 0.0911 e. The van der Waals surface area contributed by atoms with Crippen LogP contribution in [0.1, 0.15) is 138 Å². The molecular formula is C62H80Ir2N2O4-2. The number of allylic oxidation sites excluding steroid dienone is 2. The van der Waals surface area contributed by atoms with Crippen molar-refractivity contribution in [1.29, 1.82) is 0 Å². The van der Waals surface area contributed by atoms with Gasteiger partial charge in [-0.15, -0.1) is 68.8 Å². The van der Waals surface area contributed by atoms with Crippen molar-refractivity contribution in [2.45, 2.75) is 161 Å². The number of aryl methyl sites for hydroxylation is 6. The Morgan fingerprint density at radius 2 is 1.01 bits per heavy atom. The molecule has 70 heavy (non-hydrogen) atoms. The van der Waals surface area contributed by atoms with Crippen molar-refractivity contribution in [2.75, 3.05) is 0 Å². The van der Waals surface area contributed by atoms with E-state index in [0.29, 0.717) is 42.3 Å². The van der Waals surface area contributed by atoms with E-state index in [2.05, 4.69) is 142 Å². The molecule has 0 aliphatic heterocycles. The maximum atomic E-state index is 9.47. The van der Waals surface area contributed by atoms with E-state index in [-0.39, 0.29) is 46.0 Å². The summed E-state index contributed by atoms with van der Waals surface area (Å²) >= 11 is 0. The number of pyridine rings is 2. The maximum Gasteiger partial charge on any atom is 0.0911 e. The summed E-state index contributed by atoms with van der Waals surface area (Å²) in [5.74, 6) is 2.68. The Hall–Kier alpha value is -4.00. The van der Waals surface area contributed by atoms with Crippen molar-refractivity contribution in [3.05, 3.63) is 152 Å². The number of aliphatic hydroxyl groups excluding tert-OH is 4. The number of hydrogen-bond donors (Lipinski definition) is 4. The van der Waals surface area contributed by atoms with Crippen LogP contribution in [0.15, 0.2) is 84.3 Å². The van der Waals surface area contributed by atoms with E-state index in [9.17, 15) is 10.2 Å². The van der Waals surface area contributed by atoms with Gasteiger partial charge in [0.05, 0.1) is 34.8 Å². The van der Waals surface area contributed by atoms with Crippen molar-refractivity contribution >= 4 is 21.8 Å². The SMILES string of the molecule is CC(C)CC(O)=CC(O)CC(C)C.CC(O)=CC(C)O.Cc1[c-]c2c(c(C)c1)CCc1cc3c(CC(C)C)cccc3nc1-2.Cc1[c-]c2c(c(C)c1)CCc1cc3c(CC(C)C)cccc3nc1-2.[Ir].[Ir]. The van der Waals surface area contributed by atoms with Gasteiger partial charge in [-0.05, 0) is 116 Å².